The molecule has 0 fully saturated rings. The van der Waals surface area contributed by atoms with Crippen molar-refractivity contribution in [2.75, 3.05) is 6.61 Å². The van der Waals surface area contributed by atoms with Gasteiger partial charge in [-0.05, 0) is 18.6 Å². The zero-order valence-electron chi connectivity index (χ0n) is 9.16. The maximum Gasteiger partial charge on any atom is 0.341 e. The fourth-order valence-electron chi connectivity index (χ4n) is 1.13. The minimum atomic E-state index is -4.36. The predicted octanol–water partition coefficient (Wildman–Crippen LogP) is 2.37. The van der Waals surface area contributed by atoms with Gasteiger partial charge in [-0.2, -0.15) is 8.78 Å². The van der Waals surface area contributed by atoms with Crippen LogP contribution in [-0.2, 0) is 0 Å². The summed E-state index contributed by atoms with van der Waals surface area (Å²) in [6, 6.07) is 1.33. The molecule has 0 atom stereocenters. The number of pyridine rings is 1. The molecule has 0 aromatic carbocycles. The molecular formula is C10H9F4NO3. The molecule has 1 N–H and O–H groups in total. The van der Waals surface area contributed by atoms with Gasteiger partial charge in [-0.15, -0.1) is 0 Å². The Balaban J connectivity index is 2.92. The highest BCUT2D eigenvalue weighted by atomic mass is 19.3. The number of halogens is 4. The minimum Gasteiger partial charge on any atom is -0.477 e. The second kappa shape index (κ2) is 5.19. The summed E-state index contributed by atoms with van der Waals surface area (Å²) < 4.78 is 53.4. The summed E-state index contributed by atoms with van der Waals surface area (Å²) in [7, 11) is 0. The highest BCUT2D eigenvalue weighted by Crippen LogP contribution is 2.25. The van der Waals surface area contributed by atoms with E-state index in [2.05, 4.69) is 9.72 Å². The van der Waals surface area contributed by atoms with Crippen molar-refractivity contribution in [3.8, 4) is 5.88 Å². The van der Waals surface area contributed by atoms with Crippen molar-refractivity contribution in [2.24, 2.45) is 0 Å². The molecule has 1 aromatic rings. The molecule has 0 spiro atoms. The van der Waals surface area contributed by atoms with Crippen molar-refractivity contribution in [2.45, 2.75) is 19.3 Å². The Morgan fingerprint density at radius 1 is 1.56 bits per heavy atom. The molecule has 0 aliphatic rings. The topological polar surface area (TPSA) is 59.4 Å². The SMILES string of the molecule is Cc1ccnc(OCC(F)(F)C(F)F)c1C(=O)O. The largest absolute Gasteiger partial charge is 0.477 e. The number of hydrogen-bond acceptors (Lipinski definition) is 3. The number of aromatic nitrogens is 1. The molecule has 0 radical (unpaired) electrons. The van der Waals surface area contributed by atoms with Crippen molar-refractivity contribution in [3.63, 3.8) is 0 Å². The lowest BCUT2D eigenvalue weighted by atomic mass is 10.1. The molecule has 0 saturated carbocycles. The summed E-state index contributed by atoms with van der Waals surface area (Å²) in [5.41, 5.74) is -0.199. The van der Waals surface area contributed by atoms with Gasteiger partial charge in [-0.25, -0.2) is 18.6 Å². The highest BCUT2D eigenvalue weighted by Gasteiger charge is 2.42. The van der Waals surface area contributed by atoms with Crippen LogP contribution in [0, 0.1) is 6.92 Å². The van der Waals surface area contributed by atoms with E-state index in [0.717, 1.165) is 6.20 Å². The van der Waals surface area contributed by atoms with Gasteiger partial charge >= 0.3 is 18.3 Å². The van der Waals surface area contributed by atoms with E-state index in [0.29, 0.717) is 0 Å². The molecule has 1 aromatic heterocycles. The van der Waals surface area contributed by atoms with Gasteiger partial charge in [0, 0.05) is 6.20 Å². The van der Waals surface area contributed by atoms with Crippen LogP contribution in [-0.4, -0.2) is 35.0 Å². The molecular weight excluding hydrogens is 258 g/mol. The molecule has 0 aliphatic carbocycles. The average Bonchev–Trinajstić information content (AvgIpc) is 2.25. The van der Waals surface area contributed by atoms with Crippen LogP contribution < -0.4 is 4.74 Å². The lowest BCUT2D eigenvalue weighted by molar-refractivity contribution is -0.148. The van der Waals surface area contributed by atoms with E-state index < -0.39 is 36.4 Å². The van der Waals surface area contributed by atoms with Crippen molar-refractivity contribution in [1.82, 2.24) is 4.98 Å². The normalized spacial score (nSPS) is 11.7. The van der Waals surface area contributed by atoms with Crippen LogP contribution in [0.1, 0.15) is 15.9 Å². The Morgan fingerprint density at radius 2 is 2.17 bits per heavy atom. The number of carbonyl (C=O) groups is 1. The number of rotatable bonds is 5. The van der Waals surface area contributed by atoms with Crippen LogP contribution in [0.3, 0.4) is 0 Å². The van der Waals surface area contributed by atoms with Crippen LogP contribution in [0.25, 0.3) is 0 Å². The third-order valence-electron chi connectivity index (χ3n) is 2.06. The lowest BCUT2D eigenvalue weighted by Gasteiger charge is -2.16. The zero-order chi connectivity index (χ0) is 13.9. The first-order valence-electron chi connectivity index (χ1n) is 4.73. The van der Waals surface area contributed by atoms with Crippen LogP contribution in [0.2, 0.25) is 0 Å². The summed E-state index contributed by atoms with van der Waals surface area (Å²) in [5, 5.41) is 8.83. The number of hydrogen-bond donors (Lipinski definition) is 1. The molecule has 4 nitrogen and oxygen atoms in total. The second-order valence-corrected chi connectivity index (χ2v) is 3.46. The predicted molar refractivity (Wildman–Crippen MR) is 52.4 cm³/mol. The van der Waals surface area contributed by atoms with Gasteiger partial charge in [0.1, 0.15) is 5.56 Å². The lowest BCUT2D eigenvalue weighted by Crippen LogP contribution is -2.34. The first-order chi connectivity index (χ1) is 8.25. The fraction of sp³-hybridized carbons (Fsp3) is 0.400. The van der Waals surface area contributed by atoms with E-state index in [1.54, 1.807) is 0 Å². The smallest absolute Gasteiger partial charge is 0.341 e. The van der Waals surface area contributed by atoms with E-state index in [1.165, 1.54) is 13.0 Å². The Morgan fingerprint density at radius 3 is 2.67 bits per heavy atom. The standard InChI is InChI=1S/C10H9F4NO3/c1-5-2-3-15-7(6(5)8(16)17)18-4-10(13,14)9(11)12/h2-3,9H,4H2,1H3,(H,16,17). The number of ether oxygens (including phenoxy) is 1. The number of alkyl halides is 4. The van der Waals surface area contributed by atoms with Gasteiger partial charge in [0.25, 0.3) is 0 Å². The van der Waals surface area contributed by atoms with Crippen LogP contribution in [0.5, 0.6) is 5.88 Å². The highest BCUT2D eigenvalue weighted by molar-refractivity contribution is 5.91. The average molecular weight is 267 g/mol. The second-order valence-electron chi connectivity index (χ2n) is 3.46. The van der Waals surface area contributed by atoms with E-state index >= 15 is 0 Å². The van der Waals surface area contributed by atoms with Crippen molar-refractivity contribution < 1.29 is 32.2 Å². The summed E-state index contributed by atoms with van der Waals surface area (Å²) in [4.78, 5) is 14.3. The first-order valence-corrected chi connectivity index (χ1v) is 4.73. The summed E-state index contributed by atoms with van der Waals surface area (Å²) in [6.07, 6.45) is -2.76. The molecule has 8 heteroatoms. The van der Waals surface area contributed by atoms with Crippen molar-refractivity contribution in [1.29, 1.82) is 0 Å². The molecule has 0 amide bonds. The molecule has 18 heavy (non-hydrogen) atoms. The van der Waals surface area contributed by atoms with Gasteiger partial charge in [-0.1, -0.05) is 0 Å². The number of nitrogens with zero attached hydrogens (tertiary/aromatic N) is 1. The molecule has 0 aliphatic heterocycles. The van der Waals surface area contributed by atoms with Crippen LogP contribution >= 0.6 is 0 Å². The maximum atomic E-state index is 12.6. The van der Waals surface area contributed by atoms with Crippen LogP contribution in [0.15, 0.2) is 12.3 Å². The third kappa shape index (κ3) is 3.08. The minimum absolute atomic E-state index is 0.230. The van der Waals surface area contributed by atoms with Crippen molar-refractivity contribution >= 4 is 5.97 Å². The zero-order valence-corrected chi connectivity index (χ0v) is 9.16. The fourth-order valence-corrected chi connectivity index (χ4v) is 1.13. The number of aryl methyl sites for hydroxylation is 1. The molecule has 0 unspecified atom stereocenters. The number of carboxylic acids is 1. The first kappa shape index (κ1) is 14.2. The number of carboxylic acid groups (broad SMARTS) is 1. The molecule has 1 rings (SSSR count). The molecule has 0 bridgehead atoms. The maximum absolute atomic E-state index is 12.6. The van der Waals surface area contributed by atoms with Gasteiger partial charge in [-0.3, -0.25) is 0 Å². The van der Waals surface area contributed by atoms with Crippen LogP contribution in [0.4, 0.5) is 17.6 Å². The quantitative estimate of drug-likeness (QED) is 0.832. The summed E-state index contributed by atoms with van der Waals surface area (Å²) in [6.45, 7) is -0.231. The van der Waals surface area contributed by atoms with E-state index in [9.17, 15) is 22.4 Å². The van der Waals surface area contributed by atoms with Gasteiger partial charge in [0.05, 0.1) is 0 Å². The molecule has 0 saturated heterocycles. The van der Waals surface area contributed by atoms with E-state index in [4.69, 9.17) is 5.11 Å². The Hall–Kier alpha value is -1.86. The third-order valence-corrected chi connectivity index (χ3v) is 2.06. The van der Waals surface area contributed by atoms with Crippen molar-refractivity contribution in [3.05, 3.63) is 23.4 Å². The van der Waals surface area contributed by atoms with Gasteiger partial charge in [0.2, 0.25) is 5.88 Å². The van der Waals surface area contributed by atoms with Gasteiger partial charge in [0.15, 0.2) is 6.61 Å². The van der Waals surface area contributed by atoms with E-state index in [-0.39, 0.29) is 5.56 Å². The summed E-state index contributed by atoms with van der Waals surface area (Å²) in [5.74, 6) is -6.40. The summed E-state index contributed by atoms with van der Waals surface area (Å²) >= 11 is 0. The van der Waals surface area contributed by atoms with Gasteiger partial charge < -0.3 is 9.84 Å². The Kier molecular flexibility index (Phi) is 4.10. The molecule has 100 valence electrons. The molecule has 1 heterocycles. The Bertz CT molecular complexity index is 451. The Labute approximate surface area is 99.2 Å². The van der Waals surface area contributed by atoms with E-state index in [1.807, 2.05) is 0 Å². The number of aromatic carboxylic acids is 1. The monoisotopic (exact) mass is 267 g/mol.